The van der Waals surface area contributed by atoms with Crippen molar-refractivity contribution in [1.82, 2.24) is 10.2 Å². The molecule has 1 aliphatic carbocycles. The second kappa shape index (κ2) is 6.55. The molecule has 16 heavy (non-hydrogen) atoms. The average molecular weight is 222 g/mol. The van der Waals surface area contributed by atoms with E-state index >= 15 is 0 Å². The van der Waals surface area contributed by atoms with E-state index in [0.717, 1.165) is 32.2 Å². The molecule has 0 atom stereocenters. The van der Waals surface area contributed by atoms with Gasteiger partial charge in [-0.05, 0) is 39.8 Å². The van der Waals surface area contributed by atoms with Crippen LogP contribution in [0, 0.1) is 17.8 Å². The van der Waals surface area contributed by atoms with Gasteiger partial charge in [0.25, 0.3) is 0 Å². The molecule has 0 bridgehead atoms. The molecule has 0 aliphatic heterocycles. The number of carbonyl (C=O) groups is 1. The lowest BCUT2D eigenvalue weighted by atomic mass is 9.86. The second-order valence-corrected chi connectivity index (χ2v) is 4.81. The smallest absolute Gasteiger partial charge is 0.217 e. The van der Waals surface area contributed by atoms with Crippen LogP contribution in [0.25, 0.3) is 0 Å². The minimum Gasteiger partial charge on any atom is -0.354 e. The quantitative estimate of drug-likeness (QED) is 0.713. The van der Waals surface area contributed by atoms with Crippen LogP contribution in [0.2, 0.25) is 0 Å². The first kappa shape index (κ1) is 13.1. The van der Waals surface area contributed by atoms with Crippen LogP contribution >= 0.6 is 0 Å². The largest absolute Gasteiger partial charge is 0.354 e. The summed E-state index contributed by atoms with van der Waals surface area (Å²) in [4.78, 5) is 13.0. The highest BCUT2D eigenvalue weighted by Gasteiger charge is 2.19. The van der Waals surface area contributed by atoms with Crippen molar-refractivity contribution in [3.8, 4) is 11.8 Å². The third-order valence-corrected chi connectivity index (χ3v) is 2.84. The molecule has 3 heteroatoms. The molecule has 0 heterocycles. The maximum atomic E-state index is 10.9. The topological polar surface area (TPSA) is 32.3 Å². The van der Waals surface area contributed by atoms with E-state index in [0.29, 0.717) is 12.0 Å². The van der Waals surface area contributed by atoms with Gasteiger partial charge < -0.3 is 5.32 Å². The summed E-state index contributed by atoms with van der Waals surface area (Å²) in [5.41, 5.74) is 0. The number of amides is 1. The summed E-state index contributed by atoms with van der Waals surface area (Å²) in [7, 11) is 4.06. The number of rotatable bonds is 2. The Balaban J connectivity index is 2.25. The van der Waals surface area contributed by atoms with Crippen molar-refractivity contribution in [3.63, 3.8) is 0 Å². The zero-order valence-corrected chi connectivity index (χ0v) is 10.5. The van der Waals surface area contributed by atoms with Crippen LogP contribution in [0.1, 0.15) is 32.6 Å². The van der Waals surface area contributed by atoms with Crippen LogP contribution in [0.3, 0.4) is 0 Å². The predicted octanol–water partition coefficient (Wildman–Crippen LogP) is 1.25. The second-order valence-electron chi connectivity index (χ2n) is 4.81. The van der Waals surface area contributed by atoms with Crippen molar-refractivity contribution in [1.29, 1.82) is 0 Å². The highest BCUT2D eigenvalue weighted by Crippen LogP contribution is 2.23. The Bertz CT molecular complexity index is 280. The number of hydrogen-bond acceptors (Lipinski definition) is 2. The first-order valence-electron chi connectivity index (χ1n) is 5.98. The van der Waals surface area contributed by atoms with Gasteiger partial charge in [-0.2, -0.15) is 0 Å². The highest BCUT2D eigenvalue weighted by atomic mass is 16.1. The fraction of sp³-hybridized carbons (Fsp3) is 0.769. The van der Waals surface area contributed by atoms with Crippen molar-refractivity contribution in [2.24, 2.45) is 5.92 Å². The Kier molecular flexibility index (Phi) is 5.34. The van der Waals surface area contributed by atoms with E-state index in [1.54, 1.807) is 6.92 Å². The molecule has 1 N–H and O–H groups in total. The van der Waals surface area contributed by atoms with Crippen LogP contribution in [-0.2, 0) is 4.79 Å². The van der Waals surface area contributed by atoms with Gasteiger partial charge in [0, 0.05) is 18.9 Å². The van der Waals surface area contributed by atoms with Crippen LogP contribution in [0.15, 0.2) is 0 Å². The van der Waals surface area contributed by atoms with Crippen molar-refractivity contribution < 1.29 is 4.79 Å². The Morgan fingerprint density at radius 2 is 1.94 bits per heavy atom. The maximum absolute atomic E-state index is 10.9. The van der Waals surface area contributed by atoms with Crippen LogP contribution < -0.4 is 5.32 Å². The normalized spacial score (nSPS) is 24.8. The van der Waals surface area contributed by atoms with E-state index in [9.17, 15) is 4.79 Å². The van der Waals surface area contributed by atoms with Gasteiger partial charge in [0.2, 0.25) is 5.91 Å². The van der Waals surface area contributed by atoms with Crippen molar-refractivity contribution in [2.75, 3.05) is 20.6 Å². The average Bonchev–Trinajstić information content (AvgIpc) is 2.19. The third kappa shape index (κ3) is 5.18. The molecule has 1 saturated carbocycles. The number of nitrogens with zero attached hydrogens (tertiary/aromatic N) is 1. The van der Waals surface area contributed by atoms with Crippen LogP contribution in [-0.4, -0.2) is 37.5 Å². The van der Waals surface area contributed by atoms with Gasteiger partial charge in [0.15, 0.2) is 0 Å². The molecular weight excluding hydrogens is 200 g/mol. The summed E-state index contributed by atoms with van der Waals surface area (Å²) in [5.74, 6) is 7.14. The summed E-state index contributed by atoms with van der Waals surface area (Å²) in [6.45, 7) is 2.43. The van der Waals surface area contributed by atoms with Crippen molar-refractivity contribution in [2.45, 2.75) is 38.6 Å². The SMILES string of the molecule is CC(=O)NC1CCC(C#CCN(C)C)CC1. The Hall–Kier alpha value is -1.01. The fourth-order valence-corrected chi connectivity index (χ4v) is 2.02. The lowest BCUT2D eigenvalue weighted by Crippen LogP contribution is -2.36. The Morgan fingerprint density at radius 3 is 2.44 bits per heavy atom. The molecule has 0 radical (unpaired) electrons. The van der Waals surface area contributed by atoms with E-state index in [4.69, 9.17) is 0 Å². The predicted molar refractivity (Wildman–Crippen MR) is 65.9 cm³/mol. The van der Waals surface area contributed by atoms with Crippen LogP contribution in [0.5, 0.6) is 0 Å². The van der Waals surface area contributed by atoms with Gasteiger partial charge in [-0.1, -0.05) is 11.8 Å². The minimum atomic E-state index is 0.0853. The van der Waals surface area contributed by atoms with Gasteiger partial charge >= 0.3 is 0 Å². The monoisotopic (exact) mass is 222 g/mol. The lowest BCUT2D eigenvalue weighted by Gasteiger charge is -2.25. The number of carbonyl (C=O) groups excluding carboxylic acids is 1. The number of nitrogens with one attached hydrogen (secondary N) is 1. The molecule has 1 aliphatic rings. The van der Waals surface area contributed by atoms with E-state index in [1.807, 2.05) is 14.1 Å². The van der Waals surface area contributed by atoms with E-state index in [2.05, 4.69) is 22.1 Å². The summed E-state index contributed by atoms with van der Waals surface area (Å²) < 4.78 is 0. The van der Waals surface area contributed by atoms with Crippen molar-refractivity contribution >= 4 is 5.91 Å². The first-order chi connectivity index (χ1) is 7.58. The summed E-state index contributed by atoms with van der Waals surface area (Å²) in [5, 5.41) is 2.98. The maximum Gasteiger partial charge on any atom is 0.217 e. The first-order valence-corrected chi connectivity index (χ1v) is 5.98. The zero-order valence-electron chi connectivity index (χ0n) is 10.5. The molecule has 3 nitrogen and oxygen atoms in total. The van der Waals surface area contributed by atoms with Gasteiger partial charge in [-0.3, -0.25) is 9.69 Å². The van der Waals surface area contributed by atoms with E-state index in [1.165, 1.54) is 0 Å². The summed E-state index contributed by atoms with van der Waals surface area (Å²) in [6, 6.07) is 0.379. The van der Waals surface area contributed by atoms with Gasteiger partial charge in [0.1, 0.15) is 0 Å². The Morgan fingerprint density at radius 1 is 1.31 bits per heavy atom. The van der Waals surface area contributed by atoms with Gasteiger partial charge in [-0.25, -0.2) is 0 Å². The third-order valence-electron chi connectivity index (χ3n) is 2.84. The van der Waals surface area contributed by atoms with Crippen molar-refractivity contribution in [3.05, 3.63) is 0 Å². The summed E-state index contributed by atoms with van der Waals surface area (Å²) >= 11 is 0. The van der Waals surface area contributed by atoms with Gasteiger partial charge in [-0.15, -0.1) is 0 Å². The van der Waals surface area contributed by atoms with Crippen LogP contribution in [0.4, 0.5) is 0 Å². The highest BCUT2D eigenvalue weighted by molar-refractivity contribution is 5.73. The van der Waals surface area contributed by atoms with E-state index in [-0.39, 0.29) is 5.91 Å². The zero-order chi connectivity index (χ0) is 12.0. The molecular formula is C13H22N2O. The molecule has 0 aromatic heterocycles. The fourth-order valence-electron chi connectivity index (χ4n) is 2.02. The molecule has 1 amide bonds. The lowest BCUT2D eigenvalue weighted by molar-refractivity contribution is -0.119. The molecule has 1 rings (SSSR count). The number of hydrogen-bond donors (Lipinski definition) is 1. The van der Waals surface area contributed by atoms with E-state index < -0.39 is 0 Å². The molecule has 0 unspecified atom stereocenters. The van der Waals surface area contributed by atoms with Gasteiger partial charge in [0.05, 0.1) is 6.54 Å². The molecule has 0 spiro atoms. The standard InChI is InChI=1S/C13H22N2O/c1-11(16)14-13-8-6-12(7-9-13)5-4-10-15(2)3/h12-13H,6-10H2,1-3H3,(H,14,16). The molecule has 90 valence electrons. The summed E-state index contributed by atoms with van der Waals surface area (Å²) in [6.07, 6.45) is 4.37. The molecule has 0 aromatic rings. The molecule has 1 fully saturated rings. The Labute approximate surface area is 98.6 Å². The molecule has 0 aromatic carbocycles. The minimum absolute atomic E-state index is 0.0853. The molecule has 0 saturated heterocycles.